The highest BCUT2D eigenvalue weighted by Crippen LogP contribution is 2.19. The summed E-state index contributed by atoms with van der Waals surface area (Å²) in [4.78, 5) is 0. The number of hydrogen-bond donors (Lipinski definition) is 2. The molecule has 0 amide bonds. The Morgan fingerprint density at radius 1 is 1.35 bits per heavy atom. The second kappa shape index (κ2) is 7.17. The van der Waals surface area contributed by atoms with Crippen LogP contribution >= 0.6 is 0 Å². The average Bonchev–Trinajstić information content (AvgIpc) is 2.36. The number of ether oxygens (including phenoxy) is 1. The number of aliphatic hydroxyl groups excluding tert-OH is 1. The number of anilines is 1. The standard InChI is InChI=1S/C14H23NO2/c1-4-12(3)17-14-7-5-6-13(8-14)15-9-11(2)10-16/h5-8,11-12,15-16H,4,9-10H2,1-3H3. The lowest BCUT2D eigenvalue weighted by Crippen LogP contribution is -2.14. The Kier molecular flexibility index (Phi) is 5.84. The van der Waals surface area contributed by atoms with E-state index < -0.39 is 0 Å². The molecule has 96 valence electrons. The van der Waals surface area contributed by atoms with Crippen LogP contribution in [0, 0.1) is 5.92 Å². The fourth-order valence-corrected chi connectivity index (χ4v) is 1.35. The Balaban J connectivity index is 2.53. The molecule has 0 fully saturated rings. The molecule has 0 spiro atoms. The predicted molar refractivity (Wildman–Crippen MR) is 71.6 cm³/mol. The van der Waals surface area contributed by atoms with E-state index >= 15 is 0 Å². The third kappa shape index (κ3) is 5.09. The minimum absolute atomic E-state index is 0.204. The van der Waals surface area contributed by atoms with Gasteiger partial charge in [-0.05, 0) is 31.4 Å². The fraction of sp³-hybridized carbons (Fsp3) is 0.571. The molecule has 1 aromatic rings. The maximum absolute atomic E-state index is 8.95. The number of benzene rings is 1. The van der Waals surface area contributed by atoms with Crippen LogP contribution in [0.4, 0.5) is 5.69 Å². The monoisotopic (exact) mass is 237 g/mol. The lowest BCUT2D eigenvalue weighted by atomic mass is 10.2. The number of rotatable bonds is 7. The third-order valence-electron chi connectivity index (χ3n) is 2.71. The quantitative estimate of drug-likeness (QED) is 0.766. The SMILES string of the molecule is CCC(C)Oc1cccc(NCC(C)CO)c1. The maximum atomic E-state index is 8.95. The van der Waals surface area contributed by atoms with Crippen molar-refractivity contribution in [3.63, 3.8) is 0 Å². The predicted octanol–water partition coefficient (Wildman–Crippen LogP) is 2.90. The van der Waals surface area contributed by atoms with Crippen molar-refractivity contribution < 1.29 is 9.84 Å². The van der Waals surface area contributed by atoms with Crippen molar-refractivity contribution in [1.82, 2.24) is 0 Å². The van der Waals surface area contributed by atoms with E-state index in [-0.39, 0.29) is 18.6 Å². The van der Waals surface area contributed by atoms with E-state index in [1.54, 1.807) is 0 Å². The van der Waals surface area contributed by atoms with Crippen LogP contribution in [0.25, 0.3) is 0 Å². The van der Waals surface area contributed by atoms with Gasteiger partial charge in [-0.2, -0.15) is 0 Å². The van der Waals surface area contributed by atoms with Gasteiger partial charge in [-0.25, -0.2) is 0 Å². The minimum atomic E-state index is 0.204. The molecule has 0 saturated heterocycles. The van der Waals surface area contributed by atoms with Gasteiger partial charge in [-0.3, -0.25) is 0 Å². The van der Waals surface area contributed by atoms with Gasteiger partial charge in [0.1, 0.15) is 5.75 Å². The Hall–Kier alpha value is -1.22. The second-order valence-corrected chi connectivity index (χ2v) is 4.53. The summed E-state index contributed by atoms with van der Waals surface area (Å²) in [7, 11) is 0. The molecule has 2 atom stereocenters. The van der Waals surface area contributed by atoms with Crippen molar-refractivity contribution in [3.05, 3.63) is 24.3 Å². The number of aliphatic hydroxyl groups is 1. The Morgan fingerprint density at radius 2 is 2.12 bits per heavy atom. The van der Waals surface area contributed by atoms with Crippen LogP contribution in [-0.2, 0) is 0 Å². The van der Waals surface area contributed by atoms with Gasteiger partial charge in [0.05, 0.1) is 6.10 Å². The van der Waals surface area contributed by atoms with E-state index in [1.807, 2.05) is 31.2 Å². The summed E-state index contributed by atoms with van der Waals surface area (Å²) in [6, 6.07) is 7.94. The molecule has 2 unspecified atom stereocenters. The molecule has 0 bridgehead atoms. The van der Waals surface area contributed by atoms with Crippen molar-refractivity contribution in [3.8, 4) is 5.75 Å². The summed E-state index contributed by atoms with van der Waals surface area (Å²) in [5.74, 6) is 1.15. The van der Waals surface area contributed by atoms with Gasteiger partial charge in [0.2, 0.25) is 0 Å². The molecular formula is C14H23NO2. The van der Waals surface area contributed by atoms with E-state index in [0.717, 1.165) is 24.4 Å². The second-order valence-electron chi connectivity index (χ2n) is 4.53. The van der Waals surface area contributed by atoms with Crippen molar-refractivity contribution in [1.29, 1.82) is 0 Å². The zero-order valence-electron chi connectivity index (χ0n) is 10.9. The first-order chi connectivity index (χ1) is 8.15. The summed E-state index contributed by atoms with van der Waals surface area (Å²) in [5.41, 5.74) is 1.03. The molecule has 0 saturated carbocycles. The highest BCUT2D eigenvalue weighted by molar-refractivity contribution is 5.48. The van der Waals surface area contributed by atoms with Crippen molar-refractivity contribution in [2.75, 3.05) is 18.5 Å². The van der Waals surface area contributed by atoms with Crippen molar-refractivity contribution in [2.45, 2.75) is 33.3 Å². The Bertz CT molecular complexity index is 328. The molecule has 17 heavy (non-hydrogen) atoms. The van der Waals surface area contributed by atoms with E-state index in [0.29, 0.717) is 0 Å². The highest BCUT2D eigenvalue weighted by atomic mass is 16.5. The van der Waals surface area contributed by atoms with Crippen LogP contribution in [0.5, 0.6) is 5.75 Å². The van der Waals surface area contributed by atoms with Crippen LogP contribution in [0.2, 0.25) is 0 Å². The van der Waals surface area contributed by atoms with Gasteiger partial charge in [0.25, 0.3) is 0 Å². The molecule has 0 aliphatic heterocycles. The molecule has 1 rings (SSSR count). The molecular weight excluding hydrogens is 214 g/mol. The third-order valence-corrected chi connectivity index (χ3v) is 2.71. The largest absolute Gasteiger partial charge is 0.491 e. The lowest BCUT2D eigenvalue weighted by Gasteiger charge is -2.15. The van der Waals surface area contributed by atoms with Crippen molar-refractivity contribution in [2.24, 2.45) is 5.92 Å². The molecule has 0 heterocycles. The van der Waals surface area contributed by atoms with Gasteiger partial charge in [0.15, 0.2) is 0 Å². The Labute approximate surface area is 104 Å². The molecule has 1 aromatic carbocycles. The molecule has 0 aromatic heterocycles. The Morgan fingerprint density at radius 3 is 2.76 bits per heavy atom. The smallest absolute Gasteiger partial charge is 0.121 e. The summed E-state index contributed by atoms with van der Waals surface area (Å²) in [5, 5.41) is 12.2. The molecule has 0 aliphatic carbocycles. The summed E-state index contributed by atoms with van der Waals surface area (Å²) in [6.07, 6.45) is 1.24. The summed E-state index contributed by atoms with van der Waals surface area (Å²) >= 11 is 0. The first-order valence-corrected chi connectivity index (χ1v) is 6.27. The zero-order chi connectivity index (χ0) is 12.7. The summed E-state index contributed by atoms with van der Waals surface area (Å²) < 4.78 is 5.75. The van der Waals surface area contributed by atoms with E-state index in [1.165, 1.54) is 0 Å². The summed E-state index contributed by atoms with van der Waals surface area (Å²) in [6.45, 7) is 7.15. The first kappa shape index (κ1) is 13.8. The number of hydrogen-bond acceptors (Lipinski definition) is 3. The minimum Gasteiger partial charge on any atom is -0.491 e. The molecule has 3 nitrogen and oxygen atoms in total. The van der Waals surface area contributed by atoms with Gasteiger partial charge < -0.3 is 15.2 Å². The van der Waals surface area contributed by atoms with Crippen LogP contribution < -0.4 is 10.1 Å². The van der Waals surface area contributed by atoms with Crippen molar-refractivity contribution >= 4 is 5.69 Å². The topological polar surface area (TPSA) is 41.5 Å². The lowest BCUT2D eigenvalue weighted by molar-refractivity contribution is 0.217. The van der Waals surface area contributed by atoms with E-state index in [2.05, 4.69) is 19.2 Å². The van der Waals surface area contributed by atoms with Gasteiger partial charge in [0, 0.05) is 24.9 Å². The molecule has 3 heteroatoms. The van der Waals surface area contributed by atoms with Crippen LogP contribution in [0.15, 0.2) is 24.3 Å². The van der Waals surface area contributed by atoms with Gasteiger partial charge in [-0.1, -0.05) is 19.9 Å². The fourth-order valence-electron chi connectivity index (χ4n) is 1.35. The number of nitrogens with one attached hydrogen (secondary N) is 1. The van der Waals surface area contributed by atoms with E-state index in [4.69, 9.17) is 9.84 Å². The van der Waals surface area contributed by atoms with E-state index in [9.17, 15) is 0 Å². The normalized spacial score (nSPS) is 14.1. The molecule has 0 radical (unpaired) electrons. The van der Waals surface area contributed by atoms with Crippen LogP contribution in [0.1, 0.15) is 27.2 Å². The van der Waals surface area contributed by atoms with Gasteiger partial charge >= 0.3 is 0 Å². The van der Waals surface area contributed by atoms with Crippen LogP contribution in [-0.4, -0.2) is 24.4 Å². The maximum Gasteiger partial charge on any atom is 0.121 e. The highest BCUT2D eigenvalue weighted by Gasteiger charge is 2.03. The first-order valence-electron chi connectivity index (χ1n) is 6.27. The van der Waals surface area contributed by atoms with Crippen LogP contribution in [0.3, 0.4) is 0 Å². The van der Waals surface area contributed by atoms with Gasteiger partial charge in [-0.15, -0.1) is 0 Å². The molecule has 2 N–H and O–H groups in total. The zero-order valence-corrected chi connectivity index (χ0v) is 10.9. The molecule has 0 aliphatic rings. The average molecular weight is 237 g/mol.